The molecule has 0 aliphatic carbocycles. The van der Waals surface area contributed by atoms with Gasteiger partial charge in [-0.15, -0.1) is 0 Å². The molecule has 0 aromatic rings. The van der Waals surface area contributed by atoms with Crippen LogP contribution in [0.15, 0.2) is 0 Å². The molecular formula is C13H25N3O4. The quantitative estimate of drug-likeness (QED) is 0.584. The van der Waals surface area contributed by atoms with Gasteiger partial charge in [0.2, 0.25) is 5.91 Å². The summed E-state index contributed by atoms with van der Waals surface area (Å²) in [5.41, 5.74) is 0. The van der Waals surface area contributed by atoms with Crippen LogP contribution in [0.25, 0.3) is 0 Å². The molecule has 0 bridgehead atoms. The molecule has 7 heteroatoms. The lowest BCUT2D eigenvalue weighted by atomic mass is 10.1. The number of aliphatic carboxylic acids is 1. The molecule has 0 fully saturated rings. The highest BCUT2D eigenvalue weighted by Gasteiger charge is 2.20. The topological polar surface area (TPSA) is 98.7 Å². The van der Waals surface area contributed by atoms with E-state index in [2.05, 4.69) is 10.6 Å². The number of likely N-dealkylation sites (N-methyl/N-ethyl adjacent to an activating group) is 2. The fourth-order valence-electron chi connectivity index (χ4n) is 1.80. The van der Waals surface area contributed by atoms with Crippen molar-refractivity contribution in [3.05, 3.63) is 0 Å². The molecule has 0 aromatic heterocycles. The van der Waals surface area contributed by atoms with Crippen LogP contribution in [0.1, 0.15) is 40.0 Å². The van der Waals surface area contributed by atoms with E-state index in [1.54, 1.807) is 13.8 Å². The number of hydrogen-bond acceptors (Lipinski definition) is 3. The Morgan fingerprint density at radius 2 is 1.85 bits per heavy atom. The Balaban J connectivity index is 4.49. The first kappa shape index (κ1) is 18.2. The average molecular weight is 287 g/mol. The van der Waals surface area contributed by atoms with Crippen LogP contribution in [0.5, 0.6) is 0 Å². The van der Waals surface area contributed by atoms with Gasteiger partial charge in [0.25, 0.3) is 0 Å². The average Bonchev–Trinajstić information content (AvgIpc) is 2.35. The van der Waals surface area contributed by atoms with Crippen molar-refractivity contribution in [2.75, 3.05) is 19.6 Å². The fraction of sp³-hybridized carbons (Fsp3) is 0.769. The third-order valence-corrected chi connectivity index (χ3v) is 2.76. The first-order chi connectivity index (χ1) is 9.44. The normalized spacial score (nSPS) is 11.6. The Bertz CT molecular complexity index is 334. The van der Waals surface area contributed by atoms with Gasteiger partial charge in [0, 0.05) is 19.1 Å². The molecule has 0 spiro atoms. The van der Waals surface area contributed by atoms with Gasteiger partial charge in [0.05, 0.1) is 6.42 Å². The molecule has 1 atom stereocenters. The molecule has 20 heavy (non-hydrogen) atoms. The van der Waals surface area contributed by atoms with E-state index in [1.807, 2.05) is 6.92 Å². The molecule has 3 N–H and O–H groups in total. The molecule has 0 heterocycles. The molecular weight excluding hydrogens is 262 g/mol. The van der Waals surface area contributed by atoms with Crippen LogP contribution in [0.2, 0.25) is 0 Å². The summed E-state index contributed by atoms with van der Waals surface area (Å²) in [6.07, 6.45) is 1.26. The van der Waals surface area contributed by atoms with Crippen molar-refractivity contribution in [3.63, 3.8) is 0 Å². The predicted molar refractivity (Wildman–Crippen MR) is 75.4 cm³/mol. The maximum atomic E-state index is 12.0. The van der Waals surface area contributed by atoms with E-state index >= 15 is 0 Å². The van der Waals surface area contributed by atoms with Gasteiger partial charge in [-0.1, -0.05) is 13.3 Å². The van der Waals surface area contributed by atoms with E-state index < -0.39 is 18.0 Å². The lowest BCUT2D eigenvalue weighted by Crippen LogP contribution is -2.48. The number of carbonyl (C=O) groups is 3. The maximum absolute atomic E-state index is 12.0. The van der Waals surface area contributed by atoms with Gasteiger partial charge in [-0.25, -0.2) is 4.79 Å². The number of carboxylic acids is 1. The predicted octanol–water partition coefficient (Wildman–Crippen LogP) is 0.797. The molecule has 0 rings (SSSR count). The van der Waals surface area contributed by atoms with Crippen molar-refractivity contribution in [1.82, 2.24) is 15.5 Å². The van der Waals surface area contributed by atoms with Crippen molar-refractivity contribution >= 4 is 17.9 Å². The third kappa shape index (κ3) is 7.60. The van der Waals surface area contributed by atoms with Gasteiger partial charge >= 0.3 is 12.0 Å². The molecule has 116 valence electrons. The number of nitrogens with one attached hydrogen (secondary N) is 2. The van der Waals surface area contributed by atoms with Crippen LogP contribution in [0.4, 0.5) is 4.79 Å². The first-order valence-electron chi connectivity index (χ1n) is 6.98. The SMILES string of the molecule is CCCC(CC(=O)O)NC(=O)N(CC)CC(=O)NCC. The van der Waals surface area contributed by atoms with Gasteiger partial charge in [-0.3, -0.25) is 9.59 Å². The van der Waals surface area contributed by atoms with Gasteiger partial charge < -0.3 is 20.6 Å². The molecule has 0 saturated carbocycles. The highest BCUT2D eigenvalue weighted by molar-refractivity contribution is 5.84. The van der Waals surface area contributed by atoms with E-state index in [1.165, 1.54) is 4.90 Å². The number of amides is 3. The summed E-state index contributed by atoms with van der Waals surface area (Å²) in [4.78, 5) is 35.6. The van der Waals surface area contributed by atoms with Gasteiger partial charge in [0.15, 0.2) is 0 Å². The van der Waals surface area contributed by atoms with Crippen molar-refractivity contribution in [3.8, 4) is 0 Å². The molecule has 0 aromatic carbocycles. The molecule has 3 amide bonds. The number of urea groups is 1. The standard InChI is InChI=1S/C13H25N3O4/c1-4-7-10(8-12(18)19)15-13(20)16(6-3)9-11(17)14-5-2/h10H,4-9H2,1-3H3,(H,14,17)(H,15,20)(H,18,19). The van der Waals surface area contributed by atoms with Crippen LogP contribution >= 0.6 is 0 Å². The Labute approximate surface area is 119 Å². The summed E-state index contributed by atoms with van der Waals surface area (Å²) >= 11 is 0. The van der Waals surface area contributed by atoms with Gasteiger partial charge in [-0.2, -0.15) is 0 Å². The molecule has 0 aliphatic rings. The second-order valence-electron chi connectivity index (χ2n) is 4.50. The number of carbonyl (C=O) groups excluding carboxylic acids is 2. The Morgan fingerprint density at radius 3 is 2.30 bits per heavy atom. The van der Waals surface area contributed by atoms with E-state index in [0.29, 0.717) is 19.5 Å². The minimum Gasteiger partial charge on any atom is -0.481 e. The largest absolute Gasteiger partial charge is 0.481 e. The second kappa shape index (κ2) is 10.1. The van der Waals surface area contributed by atoms with Gasteiger partial charge in [0.1, 0.15) is 6.54 Å². The van der Waals surface area contributed by atoms with Crippen molar-refractivity contribution < 1.29 is 19.5 Å². The zero-order valence-corrected chi connectivity index (χ0v) is 12.4. The number of hydrogen-bond donors (Lipinski definition) is 3. The molecule has 1 unspecified atom stereocenters. The molecule has 0 aliphatic heterocycles. The Hall–Kier alpha value is -1.79. The minimum atomic E-state index is -0.949. The van der Waals surface area contributed by atoms with Crippen molar-refractivity contribution in [2.45, 2.75) is 46.1 Å². The van der Waals surface area contributed by atoms with E-state index in [0.717, 1.165) is 6.42 Å². The van der Waals surface area contributed by atoms with Crippen LogP contribution < -0.4 is 10.6 Å². The third-order valence-electron chi connectivity index (χ3n) is 2.76. The summed E-state index contributed by atoms with van der Waals surface area (Å²) in [5, 5.41) is 14.1. The smallest absolute Gasteiger partial charge is 0.318 e. The van der Waals surface area contributed by atoms with E-state index in [-0.39, 0.29) is 18.9 Å². The summed E-state index contributed by atoms with van der Waals surface area (Å²) in [6.45, 7) is 6.36. The maximum Gasteiger partial charge on any atom is 0.318 e. The van der Waals surface area contributed by atoms with Crippen molar-refractivity contribution in [1.29, 1.82) is 0 Å². The highest BCUT2D eigenvalue weighted by atomic mass is 16.4. The number of nitrogens with zero attached hydrogens (tertiary/aromatic N) is 1. The lowest BCUT2D eigenvalue weighted by molar-refractivity contribution is -0.137. The van der Waals surface area contributed by atoms with Crippen LogP contribution in [-0.4, -0.2) is 53.6 Å². The summed E-state index contributed by atoms with van der Waals surface area (Å²) < 4.78 is 0. The van der Waals surface area contributed by atoms with Crippen LogP contribution in [0.3, 0.4) is 0 Å². The van der Waals surface area contributed by atoms with Crippen molar-refractivity contribution in [2.24, 2.45) is 0 Å². The Kier molecular flexibility index (Phi) is 9.15. The van der Waals surface area contributed by atoms with E-state index in [9.17, 15) is 14.4 Å². The Morgan fingerprint density at radius 1 is 1.20 bits per heavy atom. The first-order valence-corrected chi connectivity index (χ1v) is 6.98. The zero-order valence-electron chi connectivity index (χ0n) is 12.4. The number of carboxylic acid groups (broad SMARTS) is 1. The number of rotatable bonds is 9. The van der Waals surface area contributed by atoms with Crippen LogP contribution in [-0.2, 0) is 9.59 Å². The fourth-order valence-corrected chi connectivity index (χ4v) is 1.80. The monoisotopic (exact) mass is 287 g/mol. The van der Waals surface area contributed by atoms with E-state index in [4.69, 9.17) is 5.11 Å². The highest BCUT2D eigenvalue weighted by Crippen LogP contribution is 2.03. The van der Waals surface area contributed by atoms with Gasteiger partial charge in [-0.05, 0) is 20.3 Å². The zero-order chi connectivity index (χ0) is 15.5. The summed E-state index contributed by atoms with van der Waals surface area (Å²) in [7, 11) is 0. The minimum absolute atomic E-state index is 0.0257. The lowest BCUT2D eigenvalue weighted by Gasteiger charge is -2.24. The molecule has 0 saturated heterocycles. The summed E-state index contributed by atoms with van der Waals surface area (Å²) in [6, 6.07) is -0.813. The molecule has 0 radical (unpaired) electrons. The second-order valence-corrected chi connectivity index (χ2v) is 4.50. The van der Waals surface area contributed by atoms with Crippen LogP contribution in [0, 0.1) is 0 Å². The summed E-state index contributed by atoms with van der Waals surface area (Å²) in [5.74, 6) is -1.18. The molecule has 7 nitrogen and oxygen atoms in total.